The van der Waals surface area contributed by atoms with Crippen LogP contribution in [0.25, 0.3) is 0 Å². The van der Waals surface area contributed by atoms with E-state index in [9.17, 15) is 4.79 Å². The molecule has 1 aromatic rings. The van der Waals surface area contributed by atoms with Crippen LogP contribution >= 0.6 is 0 Å². The van der Waals surface area contributed by atoms with Gasteiger partial charge in [-0.3, -0.25) is 4.79 Å². The molecule has 4 heteroatoms. The van der Waals surface area contributed by atoms with Crippen LogP contribution < -0.4 is 10.1 Å². The average molecular weight is 258 g/mol. The van der Waals surface area contributed by atoms with Crippen molar-refractivity contribution in [1.82, 2.24) is 0 Å². The van der Waals surface area contributed by atoms with Crippen molar-refractivity contribution in [2.45, 2.75) is 20.8 Å². The molecule has 0 fully saturated rings. The summed E-state index contributed by atoms with van der Waals surface area (Å²) in [5.41, 5.74) is 0.335. The van der Waals surface area contributed by atoms with E-state index in [1.807, 2.05) is 18.2 Å². The van der Waals surface area contributed by atoms with Crippen LogP contribution in [0, 0.1) is 16.7 Å². The second kappa shape index (κ2) is 6.05. The van der Waals surface area contributed by atoms with E-state index in [0.29, 0.717) is 0 Å². The third-order valence-corrected chi connectivity index (χ3v) is 2.52. The number of benzene rings is 1. The Kier molecular flexibility index (Phi) is 4.71. The normalized spacial score (nSPS) is 11.6. The molecule has 0 saturated carbocycles. The molecule has 4 nitrogen and oxygen atoms in total. The largest absolute Gasteiger partial charge is 0.497 e. The third-order valence-electron chi connectivity index (χ3n) is 2.52. The highest BCUT2D eigenvalue weighted by Crippen LogP contribution is 2.20. The zero-order valence-electron chi connectivity index (χ0n) is 11.7. The Bertz CT molecular complexity index is 517. The number of nitrogens with zero attached hydrogens (tertiary/aromatic N) is 1. The van der Waals surface area contributed by atoms with Gasteiger partial charge in [-0.25, -0.2) is 0 Å². The van der Waals surface area contributed by atoms with Gasteiger partial charge in [0.15, 0.2) is 5.78 Å². The summed E-state index contributed by atoms with van der Waals surface area (Å²) in [7, 11) is 1.60. The second-order valence-corrected chi connectivity index (χ2v) is 5.12. The van der Waals surface area contributed by atoms with Crippen molar-refractivity contribution in [2.24, 2.45) is 5.41 Å². The van der Waals surface area contributed by atoms with Crippen LogP contribution in [0.5, 0.6) is 5.75 Å². The lowest BCUT2D eigenvalue weighted by Gasteiger charge is -2.15. The van der Waals surface area contributed by atoms with Crippen molar-refractivity contribution in [3.63, 3.8) is 0 Å². The van der Waals surface area contributed by atoms with Gasteiger partial charge in [0.25, 0.3) is 0 Å². The molecule has 0 saturated heterocycles. The van der Waals surface area contributed by atoms with E-state index in [1.165, 1.54) is 6.20 Å². The third kappa shape index (κ3) is 4.14. The predicted molar refractivity (Wildman–Crippen MR) is 74.8 cm³/mol. The van der Waals surface area contributed by atoms with E-state index in [-0.39, 0.29) is 11.4 Å². The Morgan fingerprint density at radius 3 is 2.32 bits per heavy atom. The fourth-order valence-electron chi connectivity index (χ4n) is 1.40. The van der Waals surface area contributed by atoms with Crippen molar-refractivity contribution in [3.05, 3.63) is 36.0 Å². The number of Topliss-reactive ketones (excluding diaryl/α,β-unsaturated/α-hetero) is 1. The molecule has 1 rings (SSSR count). The van der Waals surface area contributed by atoms with E-state index in [1.54, 1.807) is 40.0 Å². The minimum atomic E-state index is -0.566. The van der Waals surface area contributed by atoms with E-state index < -0.39 is 5.41 Å². The lowest BCUT2D eigenvalue weighted by molar-refractivity contribution is -0.122. The van der Waals surface area contributed by atoms with Gasteiger partial charge in [-0.05, 0) is 24.3 Å². The lowest BCUT2D eigenvalue weighted by Crippen LogP contribution is -2.22. The molecule has 0 aromatic heterocycles. The Balaban J connectivity index is 2.83. The molecule has 0 aliphatic carbocycles. The summed E-state index contributed by atoms with van der Waals surface area (Å²) in [6.07, 6.45) is 1.44. The Morgan fingerprint density at radius 1 is 1.32 bits per heavy atom. The van der Waals surface area contributed by atoms with Crippen LogP contribution in [0.4, 0.5) is 5.69 Å². The Hall–Kier alpha value is -2.28. The summed E-state index contributed by atoms with van der Waals surface area (Å²) in [4.78, 5) is 12.0. The molecule has 19 heavy (non-hydrogen) atoms. The number of hydrogen-bond acceptors (Lipinski definition) is 4. The fraction of sp³-hybridized carbons (Fsp3) is 0.333. The number of ether oxygens (including phenoxy) is 1. The zero-order valence-corrected chi connectivity index (χ0v) is 11.7. The highest BCUT2D eigenvalue weighted by molar-refractivity contribution is 6.02. The van der Waals surface area contributed by atoms with Crippen LogP contribution in [0.2, 0.25) is 0 Å². The number of ketones is 1. The Labute approximate surface area is 113 Å². The molecule has 0 aliphatic rings. The summed E-state index contributed by atoms with van der Waals surface area (Å²) >= 11 is 0. The monoisotopic (exact) mass is 258 g/mol. The highest BCUT2D eigenvalue weighted by Gasteiger charge is 2.24. The van der Waals surface area contributed by atoms with Gasteiger partial charge in [0, 0.05) is 17.3 Å². The molecule has 0 bridgehead atoms. The molecule has 0 unspecified atom stereocenters. The number of carbonyl (C=O) groups is 1. The summed E-state index contributed by atoms with van der Waals surface area (Å²) in [6, 6.07) is 9.15. The van der Waals surface area contributed by atoms with Crippen molar-refractivity contribution in [1.29, 1.82) is 5.26 Å². The number of allylic oxidation sites excluding steroid dienone is 1. The second-order valence-electron chi connectivity index (χ2n) is 5.12. The van der Waals surface area contributed by atoms with Crippen molar-refractivity contribution in [3.8, 4) is 11.8 Å². The summed E-state index contributed by atoms with van der Waals surface area (Å²) in [5, 5.41) is 12.0. The van der Waals surface area contributed by atoms with Crippen LogP contribution in [0.3, 0.4) is 0 Å². The van der Waals surface area contributed by atoms with Crippen LogP contribution in [-0.2, 0) is 4.79 Å². The summed E-state index contributed by atoms with van der Waals surface area (Å²) in [6.45, 7) is 5.36. The van der Waals surface area contributed by atoms with E-state index in [4.69, 9.17) is 10.00 Å². The Morgan fingerprint density at radius 2 is 1.89 bits per heavy atom. The highest BCUT2D eigenvalue weighted by atomic mass is 16.5. The van der Waals surface area contributed by atoms with Gasteiger partial charge in [0.2, 0.25) is 0 Å². The van der Waals surface area contributed by atoms with Crippen LogP contribution in [0.1, 0.15) is 20.8 Å². The van der Waals surface area contributed by atoms with Gasteiger partial charge in [0.1, 0.15) is 17.4 Å². The number of nitriles is 1. The van der Waals surface area contributed by atoms with Gasteiger partial charge in [-0.2, -0.15) is 5.26 Å². The minimum Gasteiger partial charge on any atom is -0.497 e. The first-order chi connectivity index (χ1) is 8.88. The SMILES string of the molecule is COc1ccc(N/C=C(\C#N)C(=O)C(C)(C)C)cc1. The zero-order chi connectivity index (χ0) is 14.5. The van der Waals surface area contributed by atoms with Crippen molar-refractivity contribution in [2.75, 3.05) is 12.4 Å². The average Bonchev–Trinajstić information content (AvgIpc) is 2.39. The molecule has 0 atom stereocenters. The minimum absolute atomic E-state index is 0.114. The number of hydrogen-bond donors (Lipinski definition) is 1. The number of carbonyl (C=O) groups excluding carboxylic acids is 1. The maximum absolute atomic E-state index is 12.0. The first-order valence-electron chi connectivity index (χ1n) is 5.94. The van der Waals surface area contributed by atoms with E-state index in [0.717, 1.165) is 11.4 Å². The first-order valence-corrected chi connectivity index (χ1v) is 5.94. The predicted octanol–water partition coefficient (Wildman–Crippen LogP) is 3.13. The molecule has 0 spiro atoms. The van der Waals surface area contributed by atoms with Crippen molar-refractivity contribution >= 4 is 11.5 Å². The quantitative estimate of drug-likeness (QED) is 0.665. The molecule has 1 aromatic carbocycles. The lowest BCUT2D eigenvalue weighted by atomic mass is 9.87. The summed E-state index contributed by atoms with van der Waals surface area (Å²) < 4.78 is 5.05. The molecule has 0 aliphatic heterocycles. The standard InChI is InChI=1S/C15H18N2O2/c1-15(2,3)14(18)11(9-16)10-17-12-5-7-13(19-4)8-6-12/h5-8,10,17H,1-4H3/b11-10+. The van der Waals surface area contributed by atoms with Crippen LogP contribution in [0.15, 0.2) is 36.0 Å². The molecular weight excluding hydrogens is 240 g/mol. The topological polar surface area (TPSA) is 62.1 Å². The smallest absolute Gasteiger partial charge is 0.180 e. The maximum atomic E-state index is 12.0. The first kappa shape index (κ1) is 14.8. The molecule has 1 N–H and O–H groups in total. The molecule has 100 valence electrons. The molecule has 0 radical (unpaired) electrons. The molecular formula is C15H18N2O2. The van der Waals surface area contributed by atoms with Gasteiger partial charge in [0.05, 0.1) is 7.11 Å². The van der Waals surface area contributed by atoms with Crippen molar-refractivity contribution < 1.29 is 9.53 Å². The van der Waals surface area contributed by atoms with Gasteiger partial charge >= 0.3 is 0 Å². The van der Waals surface area contributed by atoms with E-state index >= 15 is 0 Å². The maximum Gasteiger partial charge on any atom is 0.180 e. The van der Waals surface area contributed by atoms with Gasteiger partial charge < -0.3 is 10.1 Å². The summed E-state index contributed by atoms with van der Waals surface area (Å²) in [5.74, 6) is 0.566. The number of rotatable bonds is 4. The van der Waals surface area contributed by atoms with Gasteiger partial charge in [-0.15, -0.1) is 0 Å². The number of nitrogens with one attached hydrogen (secondary N) is 1. The number of methoxy groups -OCH3 is 1. The van der Waals surface area contributed by atoms with E-state index in [2.05, 4.69) is 5.32 Å². The van der Waals surface area contributed by atoms with Gasteiger partial charge in [-0.1, -0.05) is 20.8 Å². The fourth-order valence-corrected chi connectivity index (χ4v) is 1.40. The molecule has 0 amide bonds. The number of anilines is 1. The van der Waals surface area contributed by atoms with Crippen LogP contribution in [-0.4, -0.2) is 12.9 Å². The molecule has 0 heterocycles.